The zero-order chi connectivity index (χ0) is 22.0. The molecule has 3 N–H and O–H groups in total. The van der Waals surface area contributed by atoms with Crippen molar-refractivity contribution >= 4 is 33.9 Å². The first-order chi connectivity index (χ1) is 14.9. The Kier molecular flexibility index (Phi) is 5.64. The fourth-order valence-corrected chi connectivity index (χ4v) is 3.75. The minimum atomic E-state index is -0.304. The molecule has 0 atom stereocenters. The number of benzene rings is 2. The number of amides is 1. The van der Waals surface area contributed by atoms with Crippen molar-refractivity contribution in [1.29, 1.82) is 0 Å². The SMILES string of the molecule is Cc1ccc(O)c(C)c1NC(=O)c1cnc(Nc2ccc(-c3ccc(F)cc3)cn2)s1. The minimum Gasteiger partial charge on any atom is -0.508 e. The topological polar surface area (TPSA) is 87.1 Å². The number of carbonyl (C=O) groups excluding carboxylic acids is 1. The molecule has 4 rings (SSSR count). The van der Waals surface area contributed by atoms with Gasteiger partial charge in [0.2, 0.25) is 0 Å². The van der Waals surface area contributed by atoms with Crippen LogP contribution in [0.2, 0.25) is 0 Å². The summed E-state index contributed by atoms with van der Waals surface area (Å²) in [5.74, 6) is 0.115. The Labute approximate surface area is 182 Å². The van der Waals surface area contributed by atoms with Crippen LogP contribution in [0, 0.1) is 19.7 Å². The number of thiazole rings is 1. The monoisotopic (exact) mass is 434 g/mol. The molecule has 8 heteroatoms. The molecule has 0 unspecified atom stereocenters. The summed E-state index contributed by atoms with van der Waals surface area (Å²) in [4.78, 5) is 21.7. The average molecular weight is 434 g/mol. The van der Waals surface area contributed by atoms with Gasteiger partial charge in [0.15, 0.2) is 5.13 Å². The smallest absolute Gasteiger partial charge is 0.267 e. The second-order valence-electron chi connectivity index (χ2n) is 6.95. The van der Waals surface area contributed by atoms with Crippen LogP contribution in [0.5, 0.6) is 5.75 Å². The quantitative estimate of drug-likeness (QED) is 0.377. The molecule has 0 fully saturated rings. The predicted molar refractivity (Wildman–Crippen MR) is 121 cm³/mol. The Morgan fingerprint density at radius 3 is 2.42 bits per heavy atom. The zero-order valence-electron chi connectivity index (χ0n) is 16.8. The lowest BCUT2D eigenvalue weighted by Crippen LogP contribution is -2.12. The number of rotatable bonds is 5. The summed E-state index contributed by atoms with van der Waals surface area (Å²) in [6.07, 6.45) is 3.17. The van der Waals surface area contributed by atoms with Crippen LogP contribution in [-0.4, -0.2) is 21.0 Å². The van der Waals surface area contributed by atoms with Gasteiger partial charge in [-0.05, 0) is 55.3 Å². The highest BCUT2D eigenvalue weighted by Crippen LogP contribution is 2.30. The highest BCUT2D eigenvalue weighted by atomic mass is 32.1. The highest BCUT2D eigenvalue weighted by Gasteiger charge is 2.15. The normalized spacial score (nSPS) is 10.7. The fraction of sp³-hybridized carbons (Fsp3) is 0.0870. The lowest BCUT2D eigenvalue weighted by molar-refractivity contribution is 0.103. The fourth-order valence-electron chi connectivity index (χ4n) is 3.03. The maximum atomic E-state index is 13.1. The lowest BCUT2D eigenvalue weighted by Gasteiger charge is -2.11. The van der Waals surface area contributed by atoms with Crippen LogP contribution < -0.4 is 10.6 Å². The number of hydrogen-bond acceptors (Lipinski definition) is 6. The predicted octanol–water partition coefficient (Wildman–Crippen LogP) is 5.66. The number of aryl methyl sites for hydroxylation is 1. The molecule has 0 aliphatic rings. The number of phenolic OH excluding ortho intramolecular Hbond substituents is 1. The van der Waals surface area contributed by atoms with E-state index in [4.69, 9.17) is 0 Å². The molecule has 0 saturated heterocycles. The molecule has 1 amide bonds. The van der Waals surface area contributed by atoms with E-state index >= 15 is 0 Å². The summed E-state index contributed by atoms with van der Waals surface area (Å²) in [6, 6.07) is 13.2. The number of nitrogens with one attached hydrogen (secondary N) is 2. The third-order valence-corrected chi connectivity index (χ3v) is 5.70. The summed E-state index contributed by atoms with van der Waals surface area (Å²) in [5.41, 5.74) is 3.79. The first kappa shape index (κ1) is 20.5. The Morgan fingerprint density at radius 2 is 1.71 bits per heavy atom. The van der Waals surface area contributed by atoms with Crippen molar-refractivity contribution < 1.29 is 14.3 Å². The minimum absolute atomic E-state index is 0.128. The van der Waals surface area contributed by atoms with E-state index in [9.17, 15) is 14.3 Å². The van der Waals surface area contributed by atoms with Crippen molar-refractivity contribution in [3.63, 3.8) is 0 Å². The van der Waals surface area contributed by atoms with Gasteiger partial charge in [0, 0.05) is 17.3 Å². The second-order valence-corrected chi connectivity index (χ2v) is 7.98. The number of phenols is 1. The van der Waals surface area contributed by atoms with E-state index in [0.717, 1.165) is 16.7 Å². The number of hydrogen-bond donors (Lipinski definition) is 3. The van der Waals surface area contributed by atoms with E-state index in [2.05, 4.69) is 20.6 Å². The summed E-state index contributed by atoms with van der Waals surface area (Å²) in [7, 11) is 0. The molecule has 0 spiro atoms. The van der Waals surface area contributed by atoms with Crippen molar-refractivity contribution in [3.05, 3.63) is 82.7 Å². The number of pyridine rings is 1. The summed E-state index contributed by atoms with van der Waals surface area (Å²) < 4.78 is 13.1. The highest BCUT2D eigenvalue weighted by molar-refractivity contribution is 7.17. The van der Waals surface area contributed by atoms with Gasteiger partial charge in [-0.3, -0.25) is 4.79 Å². The first-order valence-corrected chi connectivity index (χ1v) is 10.3. The van der Waals surface area contributed by atoms with E-state index in [-0.39, 0.29) is 17.5 Å². The molecule has 0 aliphatic heterocycles. The second kappa shape index (κ2) is 8.53. The molecule has 156 valence electrons. The van der Waals surface area contributed by atoms with Gasteiger partial charge >= 0.3 is 0 Å². The number of carbonyl (C=O) groups is 1. The molecule has 0 radical (unpaired) electrons. The third-order valence-electron chi connectivity index (χ3n) is 4.79. The summed E-state index contributed by atoms with van der Waals surface area (Å²) >= 11 is 1.19. The van der Waals surface area contributed by atoms with Gasteiger partial charge in [0.1, 0.15) is 22.3 Å². The van der Waals surface area contributed by atoms with Crippen molar-refractivity contribution in [2.45, 2.75) is 13.8 Å². The van der Waals surface area contributed by atoms with Crippen LogP contribution in [0.1, 0.15) is 20.8 Å². The van der Waals surface area contributed by atoms with Crippen LogP contribution in [0.3, 0.4) is 0 Å². The molecule has 4 aromatic rings. The largest absolute Gasteiger partial charge is 0.508 e. The van der Waals surface area contributed by atoms with Gasteiger partial charge in [-0.25, -0.2) is 14.4 Å². The molecule has 0 aliphatic carbocycles. The van der Waals surface area contributed by atoms with E-state index in [1.54, 1.807) is 43.5 Å². The maximum Gasteiger partial charge on any atom is 0.267 e. The van der Waals surface area contributed by atoms with Gasteiger partial charge in [-0.1, -0.05) is 29.5 Å². The van der Waals surface area contributed by atoms with Crippen LogP contribution in [-0.2, 0) is 0 Å². The van der Waals surface area contributed by atoms with Crippen molar-refractivity contribution in [2.24, 2.45) is 0 Å². The number of halogens is 1. The van der Waals surface area contributed by atoms with Crippen molar-refractivity contribution in [2.75, 3.05) is 10.6 Å². The van der Waals surface area contributed by atoms with Crippen LogP contribution in [0.15, 0.2) is 60.9 Å². The average Bonchev–Trinajstić information content (AvgIpc) is 3.24. The molecular weight excluding hydrogens is 415 g/mol. The van der Waals surface area contributed by atoms with Crippen molar-refractivity contribution in [1.82, 2.24) is 9.97 Å². The molecular formula is C23H19FN4O2S. The molecule has 31 heavy (non-hydrogen) atoms. The Bertz CT molecular complexity index is 1240. The molecule has 2 aromatic carbocycles. The van der Waals surface area contributed by atoms with E-state index in [0.29, 0.717) is 27.1 Å². The number of aromatic nitrogens is 2. The van der Waals surface area contributed by atoms with Crippen molar-refractivity contribution in [3.8, 4) is 16.9 Å². The number of anilines is 3. The van der Waals surface area contributed by atoms with E-state index in [1.165, 1.54) is 29.7 Å². The number of aromatic hydroxyl groups is 1. The van der Waals surface area contributed by atoms with E-state index in [1.807, 2.05) is 13.0 Å². The van der Waals surface area contributed by atoms with E-state index < -0.39 is 0 Å². The lowest BCUT2D eigenvalue weighted by atomic mass is 10.1. The zero-order valence-corrected chi connectivity index (χ0v) is 17.6. The Hall–Kier alpha value is -3.78. The Morgan fingerprint density at radius 1 is 0.968 bits per heavy atom. The first-order valence-electron chi connectivity index (χ1n) is 9.46. The van der Waals surface area contributed by atoms with Gasteiger partial charge < -0.3 is 15.7 Å². The summed E-state index contributed by atoms with van der Waals surface area (Å²) in [6.45, 7) is 3.61. The maximum absolute atomic E-state index is 13.1. The van der Waals surface area contributed by atoms with Gasteiger partial charge in [-0.2, -0.15) is 0 Å². The van der Waals surface area contributed by atoms with Crippen LogP contribution >= 0.6 is 11.3 Å². The molecule has 6 nitrogen and oxygen atoms in total. The third kappa shape index (κ3) is 4.54. The molecule has 2 heterocycles. The van der Waals surface area contributed by atoms with Crippen LogP contribution in [0.25, 0.3) is 11.1 Å². The molecule has 0 saturated carbocycles. The summed E-state index contributed by atoms with van der Waals surface area (Å²) in [5, 5.41) is 16.3. The molecule has 2 aromatic heterocycles. The standard InChI is InChI=1S/C23H19FN4O2S/c1-13-3-9-18(29)14(2)21(13)28-22(30)19-12-26-23(31-19)27-20-10-6-16(11-25-20)15-4-7-17(24)8-5-15/h3-12,29H,1-2H3,(H,28,30)(H,25,26,27). The van der Waals surface area contributed by atoms with Gasteiger partial charge in [-0.15, -0.1) is 0 Å². The number of nitrogens with zero attached hydrogens (tertiary/aromatic N) is 2. The Balaban J connectivity index is 1.45. The van der Waals surface area contributed by atoms with Crippen LogP contribution in [0.4, 0.5) is 21.0 Å². The molecule has 0 bridgehead atoms. The van der Waals surface area contributed by atoms with Gasteiger partial charge in [0.05, 0.1) is 11.9 Å². The van der Waals surface area contributed by atoms with Gasteiger partial charge in [0.25, 0.3) is 5.91 Å².